The van der Waals surface area contributed by atoms with E-state index in [1.54, 1.807) is 0 Å². The van der Waals surface area contributed by atoms with E-state index in [0.717, 1.165) is 6.42 Å². The Balaban J connectivity index is 2.22. The van der Waals surface area contributed by atoms with Crippen molar-refractivity contribution >= 4 is 11.8 Å². The molecule has 1 heterocycles. The van der Waals surface area contributed by atoms with Crippen LogP contribution >= 0.6 is 0 Å². The number of hydrogen-bond acceptors (Lipinski definition) is 2. The Bertz CT molecular complexity index is 361. The lowest BCUT2D eigenvalue weighted by molar-refractivity contribution is -0.152. The Hall–Kier alpha value is -1.06. The van der Waals surface area contributed by atoms with Gasteiger partial charge in [0.25, 0.3) is 0 Å². The molecule has 1 aliphatic carbocycles. The van der Waals surface area contributed by atoms with Gasteiger partial charge >= 0.3 is 0 Å². The van der Waals surface area contributed by atoms with Crippen LogP contribution in [0.2, 0.25) is 0 Å². The topological polar surface area (TPSA) is 49.4 Å². The predicted molar refractivity (Wildman–Crippen MR) is 79.1 cm³/mol. The van der Waals surface area contributed by atoms with E-state index in [4.69, 9.17) is 0 Å². The molecule has 0 aromatic rings. The van der Waals surface area contributed by atoms with Crippen LogP contribution in [-0.4, -0.2) is 35.3 Å². The van der Waals surface area contributed by atoms with E-state index in [9.17, 15) is 9.59 Å². The number of carbonyl (C=O) groups excluding carboxylic acids is 2. The van der Waals surface area contributed by atoms with Crippen LogP contribution in [0.3, 0.4) is 0 Å². The minimum atomic E-state index is -0.289. The van der Waals surface area contributed by atoms with Gasteiger partial charge in [-0.1, -0.05) is 40.0 Å². The summed E-state index contributed by atoms with van der Waals surface area (Å²) in [7, 11) is 0. The van der Waals surface area contributed by atoms with Gasteiger partial charge in [-0.15, -0.1) is 0 Å². The zero-order valence-electron chi connectivity index (χ0n) is 13.0. The average Bonchev–Trinajstić information content (AvgIpc) is 2.44. The van der Waals surface area contributed by atoms with Crippen LogP contribution in [0.4, 0.5) is 0 Å². The van der Waals surface area contributed by atoms with Crippen molar-refractivity contribution in [2.75, 3.05) is 6.54 Å². The standard InChI is InChI=1S/C16H28N2O2/c1-4-13(12-8-6-5-7-9-12)18-14(19)10-17-16(20)15(18)11(2)3/h11-13,15H,4-10H2,1-3H3,(H,17,20). The second-order valence-electron chi connectivity index (χ2n) is 6.58. The van der Waals surface area contributed by atoms with Gasteiger partial charge in [0.2, 0.25) is 11.8 Å². The van der Waals surface area contributed by atoms with E-state index in [1.807, 2.05) is 18.7 Å². The van der Waals surface area contributed by atoms with Gasteiger partial charge in [-0.05, 0) is 31.1 Å². The number of hydrogen-bond donors (Lipinski definition) is 1. The van der Waals surface area contributed by atoms with Crippen molar-refractivity contribution in [1.29, 1.82) is 0 Å². The largest absolute Gasteiger partial charge is 0.345 e. The number of nitrogens with one attached hydrogen (secondary N) is 1. The molecular formula is C16H28N2O2. The highest BCUT2D eigenvalue weighted by Gasteiger charge is 2.42. The summed E-state index contributed by atoms with van der Waals surface area (Å²) in [6.45, 7) is 6.38. The first-order valence-corrected chi connectivity index (χ1v) is 8.15. The maximum absolute atomic E-state index is 12.4. The quantitative estimate of drug-likeness (QED) is 0.859. The summed E-state index contributed by atoms with van der Waals surface area (Å²) >= 11 is 0. The van der Waals surface area contributed by atoms with Crippen LogP contribution in [-0.2, 0) is 9.59 Å². The molecule has 2 unspecified atom stereocenters. The smallest absolute Gasteiger partial charge is 0.243 e. The van der Waals surface area contributed by atoms with Crippen LogP contribution in [0.15, 0.2) is 0 Å². The molecule has 0 aromatic carbocycles. The number of rotatable bonds is 4. The normalized spacial score (nSPS) is 26.8. The SMILES string of the molecule is CCC(C1CCCCC1)N1C(=O)CNC(=O)C1C(C)C. The zero-order valence-corrected chi connectivity index (χ0v) is 13.0. The third kappa shape index (κ3) is 2.99. The van der Waals surface area contributed by atoms with Crippen LogP contribution in [0, 0.1) is 11.8 Å². The number of carbonyl (C=O) groups is 2. The molecule has 0 aromatic heterocycles. The Morgan fingerprint density at radius 3 is 2.40 bits per heavy atom. The van der Waals surface area contributed by atoms with Gasteiger partial charge in [-0.2, -0.15) is 0 Å². The molecule has 2 amide bonds. The summed E-state index contributed by atoms with van der Waals surface area (Å²) in [5.41, 5.74) is 0. The molecular weight excluding hydrogens is 252 g/mol. The van der Waals surface area contributed by atoms with Crippen LogP contribution in [0.5, 0.6) is 0 Å². The van der Waals surface area contributed by atoms with E-state index < -0.39 is 0 Å². The molecule has 0 bridgehead atoms. The summed E-state index contributed by atoms with van der Waals surface area (Å²) in [4.78, 5) is 26.5. The van der Waals surface area contributed by atoms with Crippen molar-refractivity contribution in [2.24, 2.45) is 11.8 Å². The van der Waals surface area contributed by atoms with Gasteiger partial charge in [0.1, 0.15) is 6.04 Å². The molecule has 20 heavy (non-hydrogen) atoms. The van der Waals surface area contributed by atoms with Crippen LogP contribution in [0.25, 0.3) is 0 Å². The molecule has 1 saturated heterocycles. The molecule has 2 aliphatic rings. The van der Waals surface area contributed by atoms with Gasteiger partial charge in [0.05, 0.1) is 6.54 Å². The van der Waals surface area contributed by atoms with Crippen molar-refractivity contribution in [1.82, 2.24) is 10.2 Å². The van der Waals surface area contributed by atoms with Gasteiger partial charge in [-0.3, -0.25) is 9.59 Å². The lowest BCUT2D eigenvalue weighted by atomic mass is 9.80. The molecule has 4 heteroatoms. The minimum Gasteiger partial charge on any atom is -0.345 e. The molecule has 0 spiro atoms. The third-order valence-electron chi connectivity index (χ3n) is 4.87. The van der Waals surface area contributed by atoms with E-state index in [2.05, 4.69) is 12.2 Å². The van der Waals surface area contributed by atoms with Crippen molar-refractivity contribution in [3.8, 4) is 0 Å². The Kier molecular flexibility index (Phi) is 5.06. The van der Waals surface area contributed by atoms with Crippen LogP contribution < -0.4 is 5.32 Å². The molecule has 1 saturated carbocycles. The molecule has 1 N–H and O–H groups in total. The Morgan fingerprint density at radius 2 is 1.85 bits per heavy atom. The predicted octanol–water partition coefficient (Wildman–Crippen LogP) is 2.33. The summed E-state index contributed by atoms with van der Waals surface area (Å²) in [6, 6.07) is -0.0515. The maximum atomic E-state index is 12.4. The number of piperazine rings is 1. The molecule has 1 aliphatic heterocycles. The highest BCUT2D eigenvalue weighted by Crippen LogP contribution is 2.33. The lowest BCUT2D eigenvalue weighted by Gasteiger charge is -2.45. The third-order valence-corrected chi connectivity index (χ3v) is 4.87. The second kappa shape index (κ2) is 6.59. The molecule has 2 atom stereocenters. The summed E-state index contributed by atoms with van der Waals surface area (Å²) in [5.74, 6) is 0.858. The monoisotopic (exact) mass is 280 g/mol. The first-order valence-electron chi connectivity index (χ1n) is 8.15. The molecule has 0 radical (unpaired) electrons. The highest BCUT2D eigenvalue weighted by atomic mass is 16.2. The first kappa shape index (κ1) is 15.3. The summed E-state index contributed by atoms with van der Waals surface area (Å²) < 4.78 is 0. The summed E-state index contributed by atoms with van der Waals surface area (Å²) in [6.07, 6.45) is 7.20. The van der Waals surface area contributed by atoms with E-state index in [-0.39, 0.29) is 36.4 Å². The molecule has 4 nitrogen and oxygen atoms in total. The average molecular weight is 280 g/mol. The van der Waals surface area contributed by atoms with E-state index >= 15 is 0 Å². The minimum absolute atomic E-state index is 0.0221. The fraction of sp³-hybridized carbons (Fsp3) is 0.875. The molecule has 2 rings (SSSR count). The van der Waals surface area contributed by atoms with Crippen molar-refractivity contribution in [2.45, 2.75) is 71.4 Å². The fourth-order valence-electron chi connectivity index (χ4n) is 3.93. The number of amides is 2. The second-order valence-corrected chi connectivity index (χ2v) is 6.58. The van der Waals surface area contributed by atoms with Gasteiger partial charge in [0, 0.05) is 6.04 Å². The van der Waals surface area contributed by atoms with Gasteiger partial charge < -0.3 is 10.2 Å². The van der Waals surface area contributed by atoms with Gasteiger partial charge in [0.15, 0.2) is 0 Å². The molecule has 114 valence electrons. The Labute approximate surface area is 122 Å². The van der Waals surface area contributed by atoms with Crippen molar-refractivity contribution < 1.29 is 9.59 Å². The molecule has 2 fully saturated rings. The first-order chi connectivity index (χ1) is 9.56. The maximum Gasteiger partial charge on any atom is 0.243 e. The Morgan fingerprint density at radius 1 is 1.20 bits per heavy atom. The van der Waals surface area contributed by atoms with Crippen molar-refractivity contribution in [3.05, 3.63) is 0 Å². The highest BCUT2D eigenvalue weighted by molar-refractivity contribution is 5.95. The number of nitrogens with zero attached hydrogens (tertiary/aromatic N) is 1. The van der Waals surface area contributed by atoms with E-state index in [0.29, 0.717) is 5.92 Å². The van der Waals surface area contributed by atoms with E-state index in [1.165, 1.54) is 32.1 Å². The van der Waals surface area contributed by atoms with Crippen LogP contribution in [0.1, 0.15) is 59.3 Å². The van der Waals surface area contributed by atoms with Gasteiger partial charge in [-0.25, -0.2) is 0 Å². The lowest BCUT2D eigenvalue weighted by Crippen LogP contribution is -2.64. The zero-order chi connectivity index (χ0) is 14.7. The summed E-state index contributed by atoms with van der Waals surface area (Å²) in [5, 5.41) is 2.74. The fourth-order valence-corrected chi connectivity index (χ4v) is 3.93. The van der Waals surface area contributed by atoms with Crippen molar-refractivity contribution in [3.63, 3.8) is 0 Å².